The summed E-state index contributed by atoms with van der Waals surface area (Å²) < 4.78 is 5.62. The summed E-state index contributed by atoms with van der Waals surface area (Å²) in [5, 5.41) is 9.54. The summed E-state index contributed by atoms with van der Waals surface area (Å²) in [7, 11) is 0. The van der Waals surface area contributed by atoms with Crippen LogP contribution in [0.4, 0.5) is 0 Å². The minimum atomic E-state index is -0.658. The van der Waals surface area contributed by atoms with Gasteiger partial charge in [-0.1, -0.05) is 12.1 Å². The van der Waals surface area contributed by atoms with Crippen LogP contribution >= 0.6 is 11.8 Å². The number of rotatable bonds is 5. The molecule has 0 atom stereocenters. The van der Waals surface area contributed by atoms with Gasteiger partial charge in [-0.2, -0.15) is 0 Å². The van der Waals surface area contributed by atoms with Crippen LogP contribution in [0.2, 0.25) is 0 Å². The molecule has 0 bridgehead atoms. The van der Waals surface area contributed by atoms with Crippen LogP contribution in [0, 0.1) is 0 Å². The zero-order chi connectivity index (χ0) is 11.3. The second kappa shape index (κ2) is 5.42. The number of ether oxygens (including phenoxy) is 1. The lowest BCUT2D eigenvalue weighted by molar-refractivity contribution is 0.0549. The second-order valence-electron chi connectivity index (χ2n) is 4.06. The van der Waals surface area contributed by atoms with Crippen molar-refractivity contribution < 1.29 is 9.84 Å². The molecule has 84 valence electrons. The number of hydrogen-bond acceptors (Lipinski definition) is 3. The standard InChI is InChI=1S/C12H18O2S/c1-12(2,13)8-9-14-10-6-4-5-7-11(10)15-3/h4-7,13H,8-9H2,1-3H3. The van der Waals surface area contributed by atoms with Gasteiger partial charge in [-0.3, -0.25) is 0 Å². The van der Waals surface area contributed by atoms with Gasteiger partial charge in [-0.15, -0.1) is 11.8 Å². The fraction of sp³-hybridized carbons (Fsp3) is 0.500. The van der Waals surface area contributed by atoms with Gasteiger partial charge >= 0.3 is 0 Å². The zero-order valence-corrected chi connectivity index (χ0v) is 10.3. The van der Waals surface area contributed by atoms with Crippen molar-refractivity contribution in [3.63, 3.8) is 0 Å². The van der Waals surface area contributed by atoms with E-state index in [1.54, 1.807) is 25.6 Å². The Morgan fingerprint density at radius 3 is 2.60 bits per heavy atom. The number of para-hydroxylation sites is 1. The van der Waals surface area contributed by atoms with Crippen molar-refractivity contribution in [2.24, 2.45) is 0 Å². The first-order valence-electron chi connectivity index (χ1n) is 5.01. The minimum absolute atomic E-state index is 0.543. The maximum Gasteiger partial charge on any atom is 0.132 e. The van der Waals surface area contributed by atoms with E-state index in [2.05, 4.69) is 0 Å². The molecule has 0 saturated carbocycles. The molecular weight excluding hydrogens is 208 g/mol. The van der Waals surface area contributed by atoms with Gasteiger partial charge in [0.2, 0.25) is 0 Å². The van der Waals surface area contributed by atoms with Crippen LogP contribution in [0.5, 0.6) is 5.75 Å². The summed E-state index contributed by atoms with van der Waals surface area (Å²) in [5.41, 5.74) is -0.658. The van der Waals surface area contributed by atoms with Gasteiger partial charge in [0.05, 0.1) is 12.2 Å². The third-order valence-corrected chi connectivity index (χ3v) is 2.82. The highest BCUT2D eigenvalue weighted by Gasteiger charge is 2.12. The molecular formula is C12H18O2S. The zero-order valence-electron chi connectivity index (χ0n) is 9.49. The molecule has 15 heavy (non-hydrogen) atoms. The van der Waals surface area contributed by atoms with E-state index in [1.165, 1.54) is 0 Å². The molecule has 0 spiro atoms. The molecule has 2 nitrogen and oxygen atoms in total. The van der Waals surface area contributed by atoms with Gasteiger partial charge < -0.3 is 9.84 Å². The van der Waals surface area contributed by atoms with E-state index in [9.17, 15) is 5.11 Å². The van der Waals surface area contributed by atoms with Crippen molar-refractivity contribution in [1.82, 2.24) is 0 Å². The van der Waals surface area contributed by atoms with Crippen LogP contribution < -0.4 is 4.74 Å². The van der Waals surface area contributed by atoms with Gasteiger partial charge in [0.15, 0.2) is 0 Å². The molecule has 0 aliphatic rings. The van der Waals surface area contributed by atoms with Crippen LogP contribution in [0.3, 0.4) is 0 Å². The monoisotopic (exact) mass is 226 g/mol. The first-order chi connectivity index (χ1) is 7.03. The lowest BCUT2D eigenvalue weighted by atomic mass is 10.1. The van der Waals surface area contributed by atoms with E-state index in [0.717, 1.165) is 10.6 Å². The van der Waals surface area contributed by atoms with E-state index in [1.807, 2.05) is 30.5 Å². The quantitative estimate of drug-likeness (QED) is 0.783. The molecule has 0 saturated heterocycles. The van der Waals surface area contributed by atoms with Gasteiger partial charge in [-0.25, -0.2) is 0 Å². The summed E-state index contributed by atoms with van der Waals surface area (Å²) in [4.78, 5) is 1.13. The Kier molecular flexibility index (Phi) is 4.48. The average molecular weight is 226 g/mol. The van der Waals surface area contributed by atoms with Crippen LogP contribution in [0.25, 0.3) is 0 Å². The summed E-state index contributed by atoms with van der Waals surface area (Å²) in [5.74, 6) is 0.897. The minimum Gasteiger partial charge on any atom is -0.492 e. The number of thioether (sulfide) groups is 1. The van der Waals surface area contributed by atoms with E-state index in [0.29, 0.717) is 13.0 Å². The van der Waals surface area contributed by atoms with E-state index >= 15 is 0 Å². The first-order valence-corrected chi connectivity index (χ1v) is 6.23. The molecule has 0 radical (unpaired) electrons. The molecule has 0 aromatic heterocycles. The Balaban J connectivity index is 2.50. The molecule has 1 N–H and O–H groups in total. The lowest BCUT2D eigenvalue weighted by Crippen LogP contribution is -2.21. The summed E-state index contributed by atoms with van der Waals surface area (Å²) >= 11 is 1.67. The predicted molar refractivity (Wildman–Crippen MR) is 64.6 cm³/mol. The number of benzene rings is 1. The van der Waals surface area contributed by atoms with E-state index in [-0.39, 0.29) is 0 Å². The Morgan fingerprint density at radius 2 is 2.00 bits per heavy atom. The van der Waals surface area contributed by atoms with Crippen molar-refractivity contribution in [2.45, 2.75) is 30.8 Å². The number of aliphatic hydroxyl groups is 1. The van der Waals surface area contributed by atoms with Crippen molar-refractivity contribution in [1.29, 1.82) is 0 Å². The topological polar surface area (TPSA) is 29.5 Å². The van der Waals surface area contributed by atoms with Crippen molar-refractivity contribution >= 4 is 11.8 Å². The highest BCUT2D eigenvalue weighted by Crippen LogP contribution is 2.27. The maximum absolute atomic E-state index is 9.54. The summed E-state index contributed by atoms with van der Waals surface area (Å²) in [6.07, 6.45) is 2.66. The van der Waals surface area contributed by atoms with Crippen molar-refractivity contribution in [3.8, 4) is 5.75 Å². The SMILES string of the molecule is CSc1ccccc1OCCC(C)(C)O. The second-order valence-corrected chi connectivity index (χ2v) is 4.91. The summed E-state index contributed by atoms with van der Waals surface area (Å²) in [6.45, 7) is 4.12. The molecule has 0 aliphatic heterocycles. The first kappa shape index (κ1) is 12.4. The van der Waals surface area contributed by atoms with Gasteiger partial charge in [-0.05, 0) is 32.2 Å². The fourth-order valence-electron chi connectivity index (χ4n) is 1.15. The molecule has 1 rings (SSSR count). The third-order valence-electron chi connectivity index (χ3n) is 2.04. The van der Waals surface area contributed by atoms with Crippen LogP contribution in [-0.4, -0.2) is 23.6 Å². The summed E-state index contributed by atoms with van der Waals surface area (Å²) in [6, 6.07) is 7.94. The van der Waals surface area contributed by atoms with Gasteiger partial charge in [0.1, 0.15) is 5.75 Å². The van der Waals surface area contributed by atoms with E-state index < -0.39 is 5.60 Å². The Labute approximate surface area is 95.7 Å². The van der Waals surface area contributed by atoms with Crippen molar-refractivity contribution in [3.05, 3.63) is 24.3 Å². The molecule has 0 heterocycles. The highest BCUT2D eigenvalue weighted by molar-refractivity contribution is 7.98. The normalized spacial score (nSPS) is 11.5. The molecule has 1 aromatic rings. The van der Waals surface area contributed by atoms with Crippen LogP contribution in [0.15, 0.2) is 29.2 Å². The number of hydrogen-bond donors (Lipinski definition) is 1. The van der Waals surface area contributed by atoms with Crippen molar-refractivity contribution in [2.75, 3.05) is 12.9 Å². The fourth-order valence-corrected chi connectivity index (χ4v) is 1.69. The Hall–Kier alpha value is -0.670. The molecule has 1 aromatic carbocycles. The Morgan fingerprint density at radius 1 is 1.33 bits per heavy atom. The molecule has 0 unspecified atom stereocenters. The third kappa shape index (κ3) is 4.58. The lowest BCUT2D eigenvalue weighted by Gasteiger charge is -2.17. The van der Waals surface area contributed by atoms with E-state index in [4.69, 9.17) is 4.74 Å². The molecule has 0 aliphatic carbocycles. The molecule has 0 amide bonds. The largest absolute Gasteiger partial charge is 0.492 e. The molecule has 3 heteroatoms. The maximum atomic E-state index is 9.54. The van der Waals surface area contributed by atoms with Gasteiger partial charge in [0.25, 0.3) is 0 Å². The van der Waals surface area contributed by atoms with Crippen LogP contribution in [0.1, 0.15) is 20.3 Å². The Bertz CT molecular complexity index is 305. The van der Waals surface area contributed by atoms with Crippen LogP contribution in [-0.2, 0) is 0 Å². The highest BCUT2D eigenvalue weighted by atomic mass is 32.2. The van der Waals surface area contributed by atoms with Gasteiger partial charge in [0, 0.05) is 11.3 Å². The smallest absolute Gasteiger partial charge is 0.132 e. The predicted octanol–water partition coefficient (Wildman–Crippen LogP) is 2.95. The molecule has 0 fully saturated rings. The average Bonchev–Trinajstić information content (AvgIpc) is 2.16.